The molecule has 1 heterocycles. The maximum Gasteiger partial charge on any atom is 0.417 e. The molecule has 2 nitrogen and oxygen atoms in total. The van der Waals surface area contributed by atoms with Gasteiger partial charge >= 0.3 is 6.18 Å². The summed E-state index contributed by atoms with van der Waals surface area (Å²) >= 11 is 0. The van der Waals surface area contributed by atoms with E-state index < -0.39 is 17.3 Å². The minimum atomic E-state index is -4.38. The predicted molar refractivity (Wildman–Crippen MR) is 48.0 cm³/mol. The fourth-order valence-electron chi connectivity index (χ4n) is 0.587. The quantitative estimate of drug-likeness (QED) is 0.697. The molecule has 1 N–H and O–H groups in total. The van der Waals surface area contributed by atoms with Crippen LogP contribution in [0.25, 0.3) is 0 Å². The molecule has 0 unspecified atom stereocenters. The van der Waals surface area contributed by atoms with Crippen LogP contribution in [0.1, 0.15) is 25.8 Å². The van der Waals surface area contributed by atoms with E-state index in [-0.39, 0.29) is 0 Å². The molecule has 0 aliphatic carbocycles. The summed E-state index contributed by atoms with van der Waals surface area (Å²) in [5.74, 6) is 0. The zero-order valence-corrected chi connectivity index (χ0v) is 7.98. The van der Waals surface area contributed by atoms with Gasteiger partial charge in [-0.05, 0) is 6.07 Å². The molecule has 0 bridgehead atoms. The van der Waals surface area contributed by atoms with Crippen molar-refractivity contribution in [2.75, 3.05) is 0 Å². The lowest BCUT2D eigenvalue weighted by Crippen LogP contribution is -2.10. The number of aromatic amines is 1. The highest BCUT2D eigenvalue weighted by molar-refractivity contribution is 5.11. The third kappa shape index (κ3) is 4.69. The van der Waals surface area contributed by atoms with E-state index in [1.165, 1.54) is 6.42 Å². The molecule has 1 aromatic rings. The van der Waals surface area contributed by atoms with Crippen LogP contribution in [0.4, 0.5) is 13.2 Å². The SMILES string of the molecule is CCC.O=c1ccc(C(F)(F)F)c[nH]1. The van der Waals surface area contributed by atoms with E-state index in [0.29, 0.717) is 6.20 Å². The molecular formula is C9H12F3NO. The summed E-state index contributed by atoms with van der Waals surface area (Å²) in [4.78, 5) is 12.3. The Hall–Kier alpha value is -1.26. The molecule has 5 heteroatoms. The van der Waals surface area contributed by atoms with Gasteiger partial charge in [0.05, 0.1) is 5.56 Å². The van der Waals surface area contributed by atoms with Crippen molar-refractivity contribution >= 4 is 0 Å². The lowest BCUT2D eigenvalue weighted by molar-refractivity contribution is -0.137. The highest BCUT2D eigenvalue weighted by Gasteiger charge is 2.30. The number of rotatable bonds is 0. The second-order valence-electron chi connectivity index (χ2n) is 2.65. The van der Waals surface area contributed by atoms with Crippen molar-refractivity contribution < 1.29 is 13.2 Å². The van der Waals surface area contributed by atoms with Gasteiger partial charge in [0.2, 0.25) is 5.56 Å². The number of nitrogens with one attached hydrogen (secondary N) is 1. The van der Waals surface area contributed by atoms with Crippen LogP contribution in [0.15, 0.2) is 23.1 Å². The zero-order valence-electron chi connectivity index (χ0n) is 7.98. The molecule has 80 valence electrons. The Bertz CT molecular complexity index is 296. The van der Waals surface area contributed by atoms with Gasteiger partial charge in [0.1, 0.15) is 0 Å². The Balaban J connectivity index is 0.000000500. The van der Waals surface area contributed by atoms with Crippen LogP contribution in [-0.4, -0.2) is 4.98 Å². The number of hydrogen-bond acceptors (Lipinski definition) is 1. The van der Waals surface area contributed by atoms with Gasteiger partial charge in [0.15, 0.2) is 0 Å². The maximum absolute atomic E-state index is 11.8. The first-order chi connectivity index (χ1) is 6.41. The van der Waals surface area contributed by atoms with Gasteiger partial charge in [-0.1, -0.05) is 20.3 Å². The lowest BCUT2D eigenvalue weighted by Gasteiger charge is -2.03. The Morgan fingerprint density at radius 3 is 2.07 bits per heavy atom. The molecule has 0 spiro atoms. The van der Waals surface area contributed by atoms with Crippen LogP contribution in [0.3, 0.4) is 0 Å². The van der Waals surface area contributed by atoms with Crippen molar-refractivity contribution in [2.45, 2.75) is 26.4 Å². The molecule has 0 aromatic carbocycles. The second kappa shape index (κ2) is 5.47. The number of halogens is 3. The van der Waals surface area contributed by atoms with E-state index in [1.807, 2.05) is 4.98 Å². The monoisotopic (exact) mass is 207 g/mol. The number of alkyl halides is 3. The Morgan fingerprint density at radius 2 is 1.79 bits per heavy atom. The zero-order chi connectivity index (χ0) is 11.2. The average Bonchev–Trinajstić information content (AvgIpc) is 2.04. The lowest BCUT2D eigenvalue weighted by atomic mass is 10.3. The number of pyridine rings is 1. The first kappa shape index (κ1) is 12.7. The molecule has 0 fully saturated rings. The first-order valence-electron chi connectivity index (χ1n) is 4.17. The molecule has 1 rings (SSSR count). The molecule has 0 atom stereocenters. The highest BCUT2D eigenvalue weighted by atomic mass is 19.4. The van der Waals surface area contributed by atoms with Gasteiger partial charge in [-0.15, -0.1) is 0 Å². The van der Waals surface area contributed by atoms with Crippen LogP contribution < -0.4 is 5.56 Å². The molecule has 0 aliphatic heterocycles. The summed E-state index contributed by atoms with van der Waals surface area (Å²) in [6, 6.07) is 1.57. The average molecular weight is 207 g/mol. The number of aromatic nitrogens is 1. The standard InChI is InChI=1S/C6H4F3NO.C3H8/c7-6(8,9)4-1-2-5(11)10-3-4;1-3-2/h1-3H,(H,10,11);3H2,1-2H3. The fourth-order valence-corrected chi connectivity index (χ4v) is 0.587. The first-order valence-corrected chi connectivity index (χ1v) is 4.17. The second-order valence-corrected chi connectivity index (χ2v) is 2.65. The molecule has 0 aliphatic rings. The van der Waals surface area contributed by atoms with E-state index in [4.69, 9.17) is 0 Å². The van der Waals surface area contributed by atoms with E-state index in [0.717, 1.165) is 12.1 Å². The molecule has 0 radical (unpaired) electrons. The van der Waals surface area contributed by atoms with Crippen molar-refractivity contribution in [2.24, 2.45) is 0 Å². The van der Waals surface area contributed by atoms with Gasteiger partial charge in [-0.2, -0.15) is 13.2 Å². The van der Waals surface area contributed by atoms with Crippen molar-refractivity contribution in [1.82, 2.24) is 4.98 Å². The smallest absolute Gasteiger partial charge is 0.329 e. The van der Waals surface area contributed by atoms with Crippen LogP contribution in [0.5, 0.6) is 0 Å². The summed E-state index contributed by atoms with van der Waals surface area (Å²) in [6.45, 7) is 4.25. The predicted octanol–water partition coefficient (Wildman–Crippen LogP) is 2.81. The van der Waals surface area contributed by atoms with Gasteiger partial charge in [0, 0.05) is 12.3 Å². The Morgan fingerprint density at radius 1 is 1.29 bits per heavy atom. The van der Waals surface area contributed by atoms with Gasteiger partial charge in [0.25, 0.3) is 0 Å². The van der Waals surface area contributed by atoms with Crippen LogP contribution in [0, 0.1) is 0 Å². The van der Waals surface area contributed by atoms with Gasteiger partial charge < -0.3 is 4.98 Å². The summed E-state index contributed by atoms with van der Waals surface area (Å²) in [7, 11) is 0. The largest absolute Gasteiger partial charge is 0.417 e. The van der Waals surface area contributed by atoms with Gasteiger partial charge in [-0.3, -0.25) is 4.79 Å². The number of H-pyrrole nitrogens is 1. The molecule has 0 saturated heterocycles. The fraction of sp³-hybridized carbons (Fsp3) is 0.444. The third-order valence-electron chi connectivity index (χ3n) is 1.11. The van der Waals surface area contributed by atoms with E-state index in [2.05, 4.69) is 13.8 Å². The van der Waals surface area contributed by atoms with Crippen molar-refractivity contribution in [1.29, 1.82) is 0 Å². The number of hydrogen-bond donors (Lipinski definition) is 1. The van der Waals surface area contributed by atoms with Crippen LogP contribution in [0.2, 0.25) is 0 Å². The normalized spacial score (nSPS) is 10.4. The summed E-state index contributed by atoms with van der Waals surface area (Å²) in [5.41, 5.74) is -1.39. The molecule has 0 saturated carbocycles. The molecule has 0 amide bonds. The Kier molecular flexibility index (Phi) is 4.97. The maximum atomic E-state index is 11.8. The molecular weight excluding hydrogens is 195 g/mol. The minimum absolute atomic E-state index is 0.544. The summed E-state index contributed by atoms with van der Waals surface area (Å²) < 4.78 is 35.4. The summed E-state index contributed by atoms with van der Waals surface area (Å²) in [5, 5.41) is 0. The Labute approximate surface area is 79.8 Å². The van der Waals surface area contributed by atoms with Crippen molar-refractivity contribution in [3.05, 3.63) is 34.2 Å². The highest BCUT2D eigenvalue weighted by Crippen LogP contribution is 2.27. The van der Waals surface area contributed by atoms with Gasteiger partial charge in [-0.25, -0.2) is 0 Å². The topological polar surface area (TPSA) is 32.9 Å². The van der Waals surface area contributed by atoms with Crippen LogP contribution in [-0.2, 0) is 6.18 Å². The van der Waals surface area contributed by atoms with Crippen molar-refractivity contribution in [3.63, 3.8) is 0 Å². The third-order valence-corrected chi connectivity index (χ3v) is 1.11. The molecule has 1 aromatic heterocycles. The van der Waals surface area contributed by atoms with Crippen LogP contribution >= 0.6 is 0 Å². The van der Waals surface area contributed by atoms with E-state index >= 15 is 0 Å². The van der Waals surface area contributed by atoms with Crippen molar-refractivity contribution in [3.8, 4) is 0 Å². The van der Waals surface area contributed by atoms with E-state index in [9.17, 15) is 18.0 Å². The summed E-state index contributed by atoms with van der Waals surface area (Å²) in [6.07, 6.45) is -2.49. The minimum Gasteiger partial charge on any atom is -0.329 e. The van der Waals surface area contributed by atoms with E-state index in [1.54, 1.807) is 0 Å². The molecule has 14 heavy (non-hydrogen) atoms.